The lowest BCUT2D eigenvalue weighted by Gasteiger charge is -2.39. The smallest absolute Gasteiger partial charge is 0.363 e. The fraction of sp³-hybridized carbons (Fsp3) is 0.417. The largest absolute Gasteiger partial charge is 0.417 e. The normalized spacial score (nSPS) is 15.8. The maximum atomic E-state index is 12.5. The lowest BCUT2D eigenvalue weighted by atomic mass is 10.1. The highest BCUT2D eigenvalue weighted by Crippen LogP contribution is 2.33. The van der Waals surface area contributed by atoms with E-state index in [0.29, 0.717) is 13.1 Å². The number of aryl methyl sites for hydroxylation is 1. The van der Waals surface area contributed by atoms with E-state index in [4.69, 9.17) is 11.6 Å². The summed E-state index contributed by atoms with van der Waals surface area (Å²) in [7, 11) is 0. The minimum Gasteiger partial charge on any atom is -0.363 e. The molecule has 1 aliphatic rings. The van der Waals surface area contributed by atoms with Crippen LogP contribution in [0.3, 0.4) is 0 Å². The molecule has 5 nitrogen and oxygen atoms in total. The molecular formula is C12H11ClF3N5S. The second-order valence-corrected chi connectivity index (χ2v) is 6.47. The minimum atomic E-state index is -4.45. The molecule has 0 saturated carbocycles. The summed E-state index contributed by atoms with van der Waals surface area (Å²) in [5, 5.41) is 12.7. The van der Waals surface area contributed by atoms with Gasteiger partial charge in [0.15, 0.2) is 0 Å². The van der Waals surface area contributed by atoms with Gasteiger partial charge in [-0.3, -0.25) is 0 Å². The summed E-state index contributed by atoms with van der Waals surface area (Å²) in [5.74, 6) is 0.257. The predicted molar refractivity (Wildman–Crippen MR) is 78.5 cm³/mol. The molecule has 0 radical (unpaired) electrons. The van der Waals surface area contributed by atoms with Crippen molar-refractivity contribution in [3.63, 3.8) is 0 Å². The van der Waals surface area contributed by atoms with Gasteiger partial charge in [-0.1, -0.05) is 22.9 Å². The zero-order chi connectivity index (χ0) is 15.9. The zero-order valence-electron chi connectivity index (χ0n) is 11.4. The molecule has 3 rings (SSSR count). The average Bonchev–Trinajstić information content (AvgIpc) is 2.79. The molecule has 10 heteroatoms. The molecule has 1 aliphatic heterocycles. The Balaban J connectivity index is 1.61. The van der Waals surface area contributed by atoms with E-state index >= 15 is 0 Å². The maximum Gasteiger partial charge on any atom is 0.417 e. The third-order valence-electron chi connectivity index (χ3n) is 3.18. The molecule has 2 aromatic rings. The van der Waals surface area contributed by atoms with Crippen LogP contribution in [-0.4, -0.2) is 34.3 Å². The van der Waals surface area contributed by atoms with Crippen LogP contribution in [0.4, 0.5) is 24.1 Å². The quantitative estimate of drug-likeness (QED) is 0.922. The van der Waals surface area contributed by atoms with Gasteiger partial charge in [0.2, 0.25) is 5.13 Å². The Kier molecular flexibility index (Phi) is 3.85. The summed E-state index contributed by atoms with van der Waals surface area (Å²) in [6.45, 7) is 3.23. The molecule has 0 spiro atoms. The first kappa shape index (κ1) is 15.3. The third kappa shape index (κ3) is 3.09. The predicted octanol–water partition coefficient (Wildman–Crippen LogP) is 3.21. The first-order valence-corrected chi connectivity index (χ1v) is 7.56. The Labute approximate surface area is 133 Å². The van der Waals surface area contributed by atoms with Crippen molar-refractivity contribution < 1.29 is 13.2 Å². The van der Waals surface area contributed by atoms with E-state index in [1.54, 1.807) is 0 Å². The van der Waals surface area contributed by atoms with Crippen molar-refractivity contribution in [1.29, 1.82) is 0 Å². The Bertz CT molecular complexity index is 684. The van der Waals surface area contributed by atoms with Gasteiger partial charge in [-0.05, 0) is 13.0 Å². The summed E-state index contributed by atoms with van der Waals surface area (Å²) in [6, 6.07) is 0.937. The lowest BCUT2D eigenvalue weighted by Crippen LogP contribution is -2.55. The summed E-state index contributed by atoms with van der Waals surface area (Å²) in [5.41, 5.74) is -0.859. The van der Waals surface area contributed by atoms with Gasteiger partial charge in [0.25, 0.3) is 0 Å². The SMILES string of the molecule is Cc1nnc(N2CC(Nc3ncc(C(F)(F)F)cc3Cl)C2)s1. The molecule has 0 aromatic carbocycles. The van der Waals surface area contributed by atoms with Gasteiger partial charge >= 0.3 is 6.18 Å². The Morgan fingerprint density at radius 3 is 2.64 bits per heavy atom. The van der Waals surface area contributed by atoms with Crippen LogP contribution in [0.15, 0.2) is 12.3 Å². The van der Waals surface area contributed by atoms with E-state index in [1.165, 1.54) is 11.3 Å². The molecule has 0 unspecified atom stereocenters. The van der Waals surface area contributed by atoms with E-state index in [1.807, 2.05) is 11.8 Å². The minimum absolute atomic E-state index is 0.0416. The highest BCUT2D eigenvalue weighted by atomic mass is 35.5. The van der Waals surface area contributed by atoms with Gasteiger partial charge < -0.3 is 10.2 Å². The first-order valence-electron chi connectivity index (χ1n) is 6.37. The van der Waals surface area contributed by atoms with E-state index in [9.17, 15) is 13.2 Å². The van der Waals surface area contributed by atoms with Crippen LogP contribution < -0.4 is 10.2 Å². The maximum absolute atomic E-state index is 12.5. The highest BCUT2D eigenvalue weighted by molar-refractivity contribution is 7.15. The number of hydrogen-bond donors (Lipinski definition) is 1. The average molecular weight is 350 g/mol. The molecule has 2 aromatic heterocycles. The molecule has 0 amide bonds. The van der Waals surface area contributed by atoms with Crippen LogP contribution in [0, 0.1) is 6.92 Å². The van der Waals surface area contributed by atoms with E-state index in [-0.39, 0.29) is 16.9 Å². The number of aromatic nitrogens is 3. The van der Waals surface area contributed by atoms with Gasteiger partial charge in [0.1, 0.15) is 10.8 Å². The molecule has 0 aliphatic carbocycles. The van der Waals surface area contributed by atoms with Crippen molar-refractivity contribution in [2.75, 3.05) is 23.3 Å². The standard InChI is InChI=1S/C12H11ClF3N5S/c1-6-19-20-11(22-6)21-4-8(5-21)18-10-9(13)2-7(3-17-10)12(14,15)16/h2-3,8H,4-5H2,1H3,(H,17,18). The number of nitrogens with one attached hydrogen (secondary N) is 1. The van der Waals surface area contributed by atoms with Gasteiger partial charge in [0.05, 0.1) is 16.6 Å². The van der Waals surface area contributed by atoms with Crippen LogP contribution in [0.2, 0.25) is 5.02 Å². The second kappa shape index (κ2) is 5.54. The fourth-order valence-corrected chi connectivity index (χ4v) is 2.96. The summed E-state index contributed by atoms with van der Waals surface area (Å²) in [4.78, 5) is 5.79. The van der Waals surface area contributed by atoms with Crippen LogP contribution in [0.25, 0.3) is 0 Å². The molecule has 1 fully saturated rings. The summed E-state index contributed by atoms with van der Waals surface area (Å²) < 4.78 is 37.6. The third-order valence-corrected chi connectivity index (χ3v) is 4.36. The number of alkyl halides is 3. The Morgan fingerprint density at radius 1 is 1.36 bits per heavy atom. The Morgan fingerprint density at radius 2 is 2.09 bits per heavy atom. The second-order valence-electron chi connectivity index (χ2n) is 4.90. The van der Waals surface area contributed by atoms with E-state index in [2.05, 4.69) is 20.5 Å². The zero-order valence-corrected chi connectivity index (χ0v) is 12.9. The lowest BCUT2D eigenvalue weighted by molar-refractivity contribution is -0.137. The molecule has 1 saturated heterocycles. The fourth-order valence-electron chi connectivity index (χ4n) is 2.03. The van der Waals surface area contributed by atoms with Crippen molar-refractivity contribution >= 4 is 33.9 Å². The van der Waals surface area contributed by atoms with Gasteiger partial charge in [-0.2, -0.15) is 13.2 Å². The van der Waals surface area contributed by atoms with E-state index in [0.717, 1.165) is 22.4 Å². The van der Waals surface area contributed by atoms with Crippen molar-refractivity contribution in [2.24, 2.45) is 0 Å². The van der Waals surface area contributed by atoms with Crippen LogP contribution in [0.5, 0.6) is 0 Å². The molecule has 0 atom stereocenters. The van der Waals surface area contributed by atoms with Crippen LogP contribution in [-0.2, 0) is 6.18 Å². The topological polar surface area (TPSA) is 53.9 Å². The van der Waals surface area contributed by atoms with Crippen LogP contribution in [0.1, 0.15) is 10.6 Å². The van der Waals surface area contributed by atoms with Crippen molar-refractivity contribution in [1.82, 2.24) is 15.2 Å². The van der Waals surface area contributed by atoms with Crippen molar-refractivity contribution in [3.05, 3.63) is 27.9 Å². The van der Waals surface area contributed by atoms with Gasteiger partial charge in [-0.15, -0.1) is 10.2 Å². The monoisotopic (exact) mass is 349 g/mol. The number of halogens is 4. The van der Waals surface area contributed by atoms with Crippen LogP contribution >= 0.6 is 22.9 Å². The molecule has 3 heterocycles. The number of hydrogen-bond acceptors (Lipinski definition) is 6. The van der Waals surface area contributed by atoms with Crippen molar-refractivity contribution in [3.8, 4) is 0 Å². The molecule has 1 N–H and O–H groups in total. The number of nitrogens with zero attached hydrogens (tertiary/aromatic N) is 4. The van der Waals surface area contributed by atoms with Gasteiger partial charge in [-0.25, -0.2) is 4.98 Å². The van der Waals surface area contributed by atoms with E-state index < -0.39 is 11.7 Å². The molecule has 0 bridgehead atoms. The summed E-state index contributed by atoms with van der Waals surface area (Å²) >= 11 is 7.36. The molecule has 118 valence electrons. The highest BCUT2D eigenvalue weighted by Gasteiger charge is 2.33. The first-order chi connectivity index (χ1) is 10.3. The van der Waals surface area contributed by atoms with Crippen molar-refractivity contribution in [2.45, 2.75) is 19.1 Å². The summed E-state index contributed by atoms with van der Waals surface area (Å²) in [6.07, 6.45) is -3.67. The number of anilines is 2. The Hall–Kier alpha value is -1.61. The molecule has 22 heavy (non-hydrogen) atoms. The number of pyridine rings is 1. The number of rotatable bonds is 3. The molecular weight excluding hydrogens is 339 g/mol. The van der Waals surface area contributed by atoms with Gasteiger partial charge in [0, 0.05) is 19.3 Å².